The van der Waals surface area contributed by atoms with Crippen molar-refractivity contribution in [1.82, 2.24) is 14.8 Å². The summed E-state index contributed by atoms with van der Waals surface area (Å²) < 4.78 is 19.0. The number of nitrogens with one attached hydrogen (secondary N) is 2. The standard InChI is InChI=1S/C32H35N5O4/c1-20-28(30(38)36-24-9-7-8-10-25(24)39-5)29(37-31(35-20)33-19-34-37)22-13-16-26(27(17-22)40-6)41-18-21-11-14-23(15-12-21)32(2,3)4/h7-17,19,29H,18H2,1-6H3,(H,36,38)(H,33,34,35). The Morgan fingerprint density at radius 2 is 1.71 bits per heavy atom. The number of carbonyl (C=O) groups is 1. The maximum Gasteiger partial charge on any atom is 0.255 e. The van der Waals surface area contributed by atoms with E-state index >= 15 is 0 Å². The second-order valence-electron chi connectivity index (χ2n) is 10.9. The lowest BCUT2D eigenvalue weighted by atomic mass is 9.87. The zero-order chi connectivity index (χ0) is 29.1. The van der Waals surface area contributed by atoms with Crippen molar-refractivity contribution >= 4 is 17.5 Å². The molecule has 1 unspecified atom stereocenters. The molecule has 0 fully saturated rings. The molecule has 2 N–H and O–H groups in total. The lowest BCUT2D eigenvalue weighted by Gasteiger charge is -2.29. The number of hydrogen-bond acceptors (Lipinski definition) is 7. The normalized spacial score (nSPS) is 14.6. The van der Waals surface area contributed by atoms with Crippen LogP contribution in [0.3, 0.4) is 0 Å². The van der Waals surface area contributed by atoms with Crippen molar-refractivity contribution in [3.05, 3.63) is 101 Å². The van der Waals surface area contributed by atoms with Crippen LogP contribution in [0.15, 0.2) is 84.3 Å². The highest BCUT2D eigenvalue weighted by Crippen LogP contribution is 2.39. The van der Waals surface area contributed by atoms with Gasteiger partial charge in [0.2, 0.25) is 5.95 Å². The molecule has 1 aliphatic heterocycles. The quantitative estimate of drug-likeness (QED) is 0.272. The molecule has 9 heteroatoms. The first-order chi connectivity index (χ1) is 19.7. The third kappa shape index (κ3) is 5.75. The number of aromatic nitrogens is 3. The molecule has 0 spiro atoms. The van der Waals surface area contributed by atoms with Crippen molar-refractivity contribution in [2.75, 3.05) is 24.9 Å². The Labute approximate surface area is 240 Å². The van der Waals surface area contributed by atoms with Gasteiger partial charge in [-0.15, -0.1) is 0 Å². The van der Waals surface area contributed by atoms with Crippen LogP contribution in [0.5, 0.6) is 17.2 Å². The third-order valence-corrected chi connectivity index (χ3v) is 7.11. The third-order valence-electron chi connectivity index (χ3n) is 7.11. The number of anilines is 2. The van der Waals surface area contributed by atoms with Crippen LogP contribution in [0.4, 0.5) is 11.6 Å². The fourth-order valence-electron chi connectivity index (χ4n) is 4.87. The topological polar surface area (TPSA) is 99.5 Å². The maximum absolute atomic E-state index is 13.7. The van der Waals surface area contributed by atoms with E-state index in [4.69, 9.17) is 14.2 Å². The van der Waals surface area contributed by atoms with Gasteiger partial charge >= 0.3 is 0 Å². The van der Waals surface area contributed by atoms with Crippen LogP contribution >= 0.6 is 0 Å². The number of benzene rings is 3. The summed E-state index contributed by atoms with van der Waals surface area (Å²) in [5.41, 5.74) is 4.94. The second kappa shape index (κ2) is 11.4. The Kier molecular flexibility index (Phi) is 7.70. The molecule has 1 aromatic heterocycles. The number of hydrogen-bond donors (Lipinski definition) is 2. The molecule has 0 saturated carbocycles. The molecule has 1 aliphatic rings. The minimum atomic E-state index is -0.559. The second-order valence-corrected chi connectivity index (χ2v) is 10.9. The van der Waals surface area contributed by atoms with Crippen molar-refractivity contribution in [3.8, 4) is 17.2 Å². The van der Waals surface area contributed by atoms with Gasteiger partial charge in [0.15, 0.2) is 11.5 Å². The van der Waals surface area contributed by atoms with Crippen LogP contribution in [-0.4, -0.2) is 34.9 Å². The van der Waals surface area contributed by atoms with Crippen LogP contribution in [0, 0.1) is 0 Å². The average Bonchev–Trinajstić information content (AvgIpc) is 3.43. The van der Waals surface area contributed by atoms with Gasteiger partial charge in [-0.3, -0.25) is 4.79 Å². The van der Waals surface area contributed by atoms with Gasteiger partial charge in [0.1, 0.15) is 24.7 Å². The van der Waals surface area contributed by atoms with E-state index in [0.29, 0.717) is 46.8 Å². The molecule has 0 bridgehead atoms. The fraction of sp³-hybridized carbons (Fsp3) is 0.281. The van der Waals surface area contributed by atoms with Gasteiger partial charge in [0.25, 0.3) is 5.91 Å². The summed E-state index contributed by atoms with van der Waals surface area (Å²) >= 11 is 0. The van der Waals surface area contributed by atoms with E-state index in [2.05, 4.69) is 65.8 Å². The molecule has 41 heavy (non-hydrogen) atoms. The molecule has 1 atom stereocenters. The Hall–Kier alpha value is -4.79. The molecular weight excluding hydrogens is 518 g/mol. The number of carbonyl (C=O) groups excluding carboxylic acids is 1. The maximum atomic E-state index is 13.7. The summed E-state index contributed by atoms with van der Waals surface area (Å²) in [7, 11) is 3.17. The number of nitrogens with zero attached hydrogens (tertiary/aromatic N) is 3. The minimum absolute atomic E-state index is 0.0900. The van der Waals surface area contributed by atoms with Gasteiger partial charge < -0.3 is 24.8 Å². The number of ether oxygens (including phenoxy) is 3. The molecule has 0 saturated heterocycles. The van der Waals surface area contributed by atoms with Gasteiger partial charge in [0, 0.05) is 5.70 Å². The molecular formula is C32H35N5O4. The Morgan fingerprint density at radius 3 is 2.41 bits per heavy atom. The van der Waals surface area contributed by atoms with E-state index in [1.165, 1.54) is 11.9 Å². The number of methoxy groups -OCH3 is 2. The molecule has 212 valence electrons. The summed E-state index contributed by atoms with van der Waals surface area (Å²) in [6.07, 6.45) is 1.46. The molecule has 0 radical (unpaired) electrons. The molecule has 4 aromatic rings. The summed E-state index contributed by atoms with van der Waals surface area (Å²) in [5.74, 6) is 1.97. The minimum Gasteiger partial charge on any atom is -0.495 e. The first-order valence-electron chi connectivity index (χ1n) is 13.4. The smallest absolute Gasteiger partial charge is 0.255 e. The number of amides is 1. The summed E-state index contributed by atoms with van der Waals surface area (Å²) in [6.45, 7) is 8.83. The first kappa shape index (κ1) is 27.8. The van der Waals surface area contributed by atoms with E-state index < -0.39 is 6.04 Å². The average molecular weight is 554 g/mol. The Bertz CT molecular complexity index is 1580. The van der Waals surface area contributed by atoms with Crippen LogP contribution in [0.25, 0.3) is 0 Å². The predicted octanol–water partition coefficient (Wildman–Crippen LogP) is 6.10. The molecule has 3 aromatic carbocycles. The van der Waals surface area contributed by atoms with Crippen molar-refractivity contribution in [2.45, 2.75) is 45.8 Å². The SMILES string of the molecule is COc1ccccc1NC(=O)C1=C(C)Nc2ncnn2C1c1ccc(OCc2ccc(C(C)(C)C)cc2)c(OC)c1. The summed E-state index contributed by atoms with van der Waals surface area (Å²) in [5, 5.41) is 10.6. The van der Waals surface area contributed by atoms with Gasteiger partial charge in [-0.25, -0.2) is 4.68 Å². The summed E-state index contributed by atoms with van der Waals surface area (Å²) in [4.78, 5) is 18.1. The first-order valence-corrected chi connectivity index (χ1v) is 13.4. The van der Waals surface area contributed by atoms with Crippen LogP contribution in [0.2, 0.25) is 0 Å². The van der Waals surface area contributed by atoms with Crippen molar-refractivity contribution in [3.63, 3.8) is 0 Å². The van der Waals surface area contributed by atoms with Crippen LogP contribution < -0.4 is 24.8 Å². The van der Waals surface area contributed by atoms with E-state index in [1.807, 2.05) is 37.3 Å². The fourth-order valence-corrected chi connectivity index (χ4v) is 4.87. The van der Waals surface area contributed by atoms with Gasteiger partial charge in [-0.1, -0.05) is 63.2 Å². The molecule has 2 heterocycles. The van der Waals surface area contributed by atoms with Crippen molar-refractivity contribution in [2.24, 2.45) is 0 Å². The lowest BCUT2D eigenvalue weighted by Crippen LogP contribution is -2.31. The highest BCUT2D eigenvalue weighted by Gasteiger charge is 2.34. The van der Waals surface area contributed by atoms with E-state index in [-0.39, 0.29) is 11.3 Å². The van der Waals surface area contributed by atoms with Crippen LogP contribution in [-0.2, 0) is 16.8 Å². The van der Waals surface area contributed by atoms with E-state index in [0.717, 1.165) is 11.1 Å². The van der Waals surface area contributed by atoms with E-state index in [1.54, 1.807) is 31.0 Å². The summed E-state index contributed by atoms with van der Waals surface area (Å²) in [6, 6.07) is 20.8. The number of para-hydroxylation sites is 2. The van der Waals surface area contributed by atoms with Crippen molar-refractivity contribution in [1.29, 1.82) is 0 Å². The highest BCUT2D eigenvalue weighted by atomic mass is 16.5. The molecule has 9 nitrogen and oxygen atoms in total. The molecule has 5 rings (SSSR count). The number of rotatable bonds is 8. The zero-order valence-electron chi connectivity index (χ0n) is 24.2. The van der Waals surface area contributed by atoms with Gasteiger partial charge in [0.05, 0.1) is 25.5 Å². The number of fused-ring (bicyclic) bond motifs is 1. The van der Waals surface area contributed by atoms with Crippen LogP contribution in [0.1, 0.15) is 50.4 Å². The zero-order valence-corrected chi connectivity index (χ0v) is 24.2. The number of allylic oxidation sites excluding steroid dienone is 1. The van der Waals surface area contributed by atoms with Gasteiger partial charge in [-0.2, -0.15) is 10.1 Å². The highest BCUT2D eigenvalue weighted by molar-refractivity contribution is 6.06. The Morgan fingerprint density at radius 1 is 0.976 bits per heavy atom. The largest absolute Gasteiger partial charge is 0.495 e. The Balaban J connectivity index is 1.43. The molecule has 0 aliphatic carbocycles. The predicted molar refractivity (Wildman–Crippen MR) is 159 cm³/mol. The lowest BCUT2D eigenvalue weighted by molar-refractivity contribution is -0.113. The molecule has 1 amide bonds. The van der Waals surface area contributed by atoms with Crippen molar-refractivity contribution < 1.29 is 19.0 Å². The van der Waals surface area contributed by atoms with Gasteiger partial charge in [-0.05, 0) is 53.3 Å². The van der Waals surface area contributed by atoms with E-state index in [9.17, 15) is 4.79 Å². The monoisotopic (exact) mass is 553 g/mol.